The highest BCUT2D eigenvalue weighted by Crippen LogP contribution is 2.54. The van der Waals surface area contributed by atoms with Crippen molar-refractivity contribution in [1.29, 1.82) is 0 Å². The average Bonchev–Trinajstić information content (AvgIpc) is 2.74. The number of benzene rings is 2. The number of nitrogens with zero attached hydrogens (tertiary/aromatic N) is 1. The van der Waals surface area contributed by atoms with Crippen LogP contribution in [0.5, 0.6) is 0 Å². The Balaban J connectivity index is 2.20. The van der Waals surface area contributed by atoms with Gasteiger partial charge in [-0.3, -0.25) is 10.0 Å². The number of carbonyl (C=O) groups is 1. The fourth-order valence-corrected chi connectivity index (χ4v) is 3.51. The summed E-state index contributed by atoms with van der Waals surface area (Å²) < 4.78 is 133. The van der Waals surface area contributed by atoms with Gasteiger partial charge in [-0.15, -0.1) is 0 Å². The number of halogens is 11. The molecule has 0 bridgehead atoms. The van der Waals surface area contributed by atoms with Crippen LogP contribution in [0.3, 0.4) is 0 Å². The van der Waals surface area contributed by atoms with Crippen molar-refractivity contribution in [2.24, 2.45) is 0 Å². The van der Waals surface area contributed by atoms with E-state index in [1.807, 2.05) is 0 Å². The molecule has 3 rings (SSSR count). The number of rotatable bonds is 3. The molecular formula is C20H9ClF10N2O2. The van der Waals surface area contributed by atoms with Crippen LogP contribution in [0.2, 0.25) is 5.02 Å². The van der Waals surface area contributed by atoms with Gasteiger partial charge in [-0.1, -0.05) is 23.7 Å². The summed E-state index contributed by atoms with van der Waals surface area (Å²) in [6.45, 7) is 0. The molecule has 0 fully saturated rings. The standard InChI is InChI=1S/C20H9ClF10N2O2/c21-13-8-11(17(22,19(26,27)28)20(29,30)31)7-12(18(23,24)25)15(13)33(35)16(34)10-4-3-9-2-1-5-32-14(9)6-10/h1-8,33H. The fourth-order valence-electron chi connectivity index (χ4n) is 3.20. The molecule has 0 spiro atoms. The van der Waals surface area contributed by atoms with E-state index < -0.39 is 74.7 Å². The smallest absolute Gasteiger partial charge is 0.435 e. The summed E-state index contributed by atoms with van der Waals surface area (Å²) >= 11 is 5.48. The van der Waals surface area contributed by atoms with E-state index in [-0.39, 0.29) is 5.52 Å². The summed E-state index contributed by atoms with van der Waals surface area (Å²) in [6.07, 6.45) is -18.0. The fraction of sp³-hybridized carbons (Fsp3) is 0.200. The average molecular weight is 535 g/mol. The van der Waals surface area contributed by atoms with Crippen molar-refractivity contribution in [3.63, 3.8) is 0 Å². The first kappa shape index (κ1) is 26.6. The van der Waals surface area contributed by atoms with Crippen LogP contribution in [0.15, 0.2) is 48.7 Å². The Labute approximate surface area is 193 Å². The Morgan fingerprint density at radius 1 is 0.886 bits per heavy atom. The summed E-state index contributed by atoms with van der Waals surface area (Å²) in [7, 11) is 0. The molecule has 0 aliphatic rings. The molecular weight excluding hydrogens is 526 g/mol. The van der Waals surface area contributed by atoms with Crippen molar-refractivity contribution in [2.75, 3.05) is 0 Å². The third-order valence-electron chi connectivity index (χ3n) is 4.88. The first-order valence-corrected chi connectivity index (χ1v) is 9.44. The lowest BCUT2D eigenvalue weighted by Crippen LogP contribution is -3.05. The van der Waals surface area contributed by atoms with Crippen LogP contribution in [0, 0.1) is 5.21 Å². The van der Waals surface area contributed by atoms with Crippen LogP contribution in [-0.4, -0.2) is 23.2 Å². The van der Waals surface area contributed by atoms with Crippen molar-refractivity contribution in [3.05, 3.63) is 75.6 Å². The molecule has 3 aromatic rings. The van der Waals surface area contributed by atoms with E-state index in [9.17, 15) is 53.9 Å². The highest BCUT2D eigenvalue weighted by atomic mass is 35.5. The van der Waals surface area contributed by atoms with Crippen LogP contribution in [0.4, 0.5) is 49.6 Å². The molecule has 1 aromatic heterocycles. The van der Waals surface area contributed by atoms with Crippen LogP contribution in [0.1, 0.15) is 21.5 Å². The third kappa shape index (κ3) is 4.65. The molecule has 35 heavy (non-hydrogen) atoms. The van der Waals surface area contributed by atoms with Crippen LogP contribution >= 0.6 is 11.6 Å². The van der Waals surface area contributed by atoms with Crippen LogP contribution in [0.25, 0.3) is 10.9 Å². The number of carbonyl (C=O) groups excluding carboxylic acids is 1. The molecule has 15 heteroatoms. The maximum absolute atomic E-state index is 14.4. The minimum atomic E-state index is -6.74. The lowest BCUT2D eigenvalue weighted by Gasteiger charge is -2.32. The van der Waals surface area contributed by atoms with Crippen molar-refractivity contribution >= 4 is 34.1 Å². The Hall–Kier alpha value is -2.97. The molecule has 1 unspecified atom stereocenters. The van der Waals surface area contributed by atoms with Gasteiger partial charge in [0.15, 0.2) is 5.69 Å². The van der Waals surface area contributed by atoms with E-state index in [1.54, 1.807) is 6.07 Å². The van der Waals surface area contributed by atoms with Gasteiger partial charge in [0, 0.05) is 17.1 Å². The van der Waals surface area contributed by atoms with Crippen molar-refractivity contribution < 1.29 is 53.8 Å². The zero-order chi connectivity index (χ0) is 26.6. The highest BCUT2D eigenvalue weighted by molar-refractivity contribution is 6.33. The Morgan fingerprint density at radius 3 is 2.03 bits per heavy atom. The van der Waals surface area contributed by atoms with E-state index in [1.165, 1.54) is 18.3 Å². The maximum Gasteiger partial charge on any atom is 0.435 e. The predicted octanol–water partition coefficient (Wildman–Crippen LogP) is 6.05. The minimum absolute atomic E-state index is 0.154. The SMILES string of the molecule is O=C(c1ccc2cccnc2c1)[NH+]([O-])c1c(Cl)cc(C(F)(C(F)(F)F)C(F)(F)F)cc1C(F)(F)F. The lowest BCUT2D eigenvalue weighted by molar-refractivity contribution is -0.680. The number of hydrogen-bond donors (Lipinski definition) is 1. The Bertz CT molecular complexity index is 1270. The second-order valence-corrected chi connectivity index (χ2v) is 7.51. The van der Waals surface area contributed by atoms with Gasteiger partial charge in [-0.2, -0.15) is 39.5 Å². The maximum atomic E-state index is 14.4. The molecule has 1 amide bonds. The summed E-state index contributed by atoms with van der Waals surface area (Å²) in [5.41, 5.74) is -13.3. The molecule has 0 saturated heterocycles. The molecule has 4 nitrogen and oxygen atoms in total. The number of hydrogen-bond acceptors (Lipinski definition) is 3. The van der Waals surface area contributed by atoms with E-state index in [0.29, 0.717) is 5.39 Å². The van der Waals surface area contributed by atoms with Gasteiger partial charge in [-0.05, 0) is 30.3 Å². The molecule has 0 aliphatic heterocycles. The Morgan fingerprint density at radius 2 is 1.49 bits per heavy atom. The molecule has 1 heterocycles. The van der Waals surface area contributed by atoms with Gasteiger partial charge in [0.25, 0.3) is 0 Å². The van der Waals surface area contributed by atoms with Gasteiger partial charge < -0.3 is 5.21 Å². The van der Waals surface area contributed by atoms with Crippen LogP contribution < -0.4 is 5.06 Å². The molecule has 188 valence electrons. The number of nitrogens with one attached hydrogen (secondary N) is 1. The van der Waals surface area contributed by atoms with E-state index >= 15 is 0 Å². The molecule has 1 N–H and O–H groups in total. The number of alkyl halides is 10. The zero-order valence-corrected chi connectivity index (χ0v) is 17.3. The van der Waals surface area contributed by atoms with Crippen molar-refractivity contribution in [3.8, 4) is 0 Å². The monoisotopic (exact) mass is 534 g/mol. The molecule has 0 aliphatic carbocycles. The van der Waals surface area contributed by atoms with E-state index in [0.717, 1.165) is 12.1 Å². The van der Waals surface area contributed by atoms with Crippen molar-refractivity contribution in [2.45, 2.75) is 24.2 Å². The van der Waals surface area contributed by atoms with Gasteiger partial charge in [0.05, 0.1) is 11.1 Å². The number of hydroxylamine groups is 1. The molecule has 1 atom stereocenters. The lowest BCUT2D eigenvalue weighted by atomic mass is 9.91. The second-order valence-electron chi connectivity index (χ2n) is 7.10. The first-order valence-electron chi connectivity index (χ1n) is 9.07. The molecule has 0 saturated carbocycles. The zero-order valence-electron chi connectivity index (χ0n) is 16.5. The second kappa shape index (κ2) is 8.60. The summed E-state index contributed by atoms with van der Waals surface area (Å²) in [4.78, 5) is 16.5. The molecule has 0 radical (unpaired) electrons. The number of pyridine rings is 1. The normalized spacial score (nSPS) is 14.3. The predicted molar refractivity (Wildman–Crippen MR) is 101 cm³/mol. The number of amides is 1. The van der Waals surface area contributed by atoms with Gasteiger partial charge in [0.2, 0.25) is 0 Å². The summed E-state index contributed by atoms with van der Waals surface area (Å²) in [5, 5.41) is 9.48. The minimum Gasteiger partial charge on any atom is -0.621 e. The van der Waals surface area contributed by atoms with Crippen molar-refractivity contribution in [1.82, 2.24) is 4.98 Å². The Kier molecular flexibility index (Phi) is 6.55. The van der Waals surface area contributed by atoms with Crippen LogP contribution in [-0.2, 0) is 11.8 Å². The quantitative estimate of drug-likeness (QED) is 0.329. The number of quaternary nitrogens is 1. The number of aromatic nitrogens is 1. The summed E-state index contributed by atoms with van der Waals surface area (Å²) in [5.74, 6) is -1.61. The van der Waals surface area contributed by atoms with Gasteiger partial charge >= 0.3 is 30.1 Å². The van der Waals surface area contributed by atoms with Gasteiger partial charge in [0.1, 0.15) is 10.6 Å². The van der Waals surface area contributed by atoms with E-state index in [4.69, 9.17) is 11.6 Å². The largest absolute Gasteiger partial charge is 0.621 e. The number of fused-ring (bicyclic) bond motifs is 1. The topological polar surface area (TPSA) is 57.5 Å². The van der Waals surface area contributed by atoms with Gasteiger partial charge in [-0.25, -0.2) is 9.18 Å². The third-order valence-corrected chi connectivity index (χ3v) is 5.17. The molecule has 2 aromatic carbocycles. The highest BCUT2D eigenvalue weighted by Gasteiger charge is 2.74. The summed E-state index contributed by atoms with van der Waals surface area (Å²) in [6, 6.07) is 5.20. The van der Waals surface area contributed by atoms with E-state index in [2.05, 4.69) is 4.98 Å². The first-order chi connectivity index (χ1) is 15.9.